The third-order valence-electron chi connectivity index (χ3n) is 4.18. The van der Waals surface area contributed by atoms with Crippen LogP contribution in [0.25, 0.3) is 0 Å². The predicted molar refractivity (Wildman–Crippen MR) is 90.2 cm³/mol. The first-order valence-corrected chi connectivity index (χ1v) is 8.42. The zero-order valence-electron chi connectivity index (χ0n) is 14.2. The molecule has 1 fully saturated rings. The summed E-state index contributed by atoms with van der Waals surface area (Å²) in [7, 11) is 0. The van der Waals surface area contributed by atoms with Gasteiger partial charge in [0.05, 0.1) is 25.3 Å². The molecule has 1 amide bonds. The summed E-state index contributed by atoms with van der Waals surface area (Å²) < 4.78 is 10.3. The molecule has 1 atom stereocenters. The molecule has 132 valence electrons. The Morgan fingerprint density at radius 2 is 1.96 bits per heavy atom. The van der Waals surface area contributed by atoms with E-state index in [0.717, 1.165) is 19.3 Å². The molecule has 1 aromatic rings. The smallest absolute Gasteiger partial charge is 0.381 e. The van der Waals surface area contributed by atoms with Gasteiger partial charge in [0.25, 0.3) is 0 Å². The molecule has 24 heavy (non-hydrogen) atoms. The van der Waals surface area contributed by atoms with Crippen molar-refractivity contribution < 1.29 is 19.1 Å². The van der Waals surface area contributed by atoms with Gasteiger partial charge in [0.15, 0.2) is 0 Å². The van der Waals surface area contributed by atoms with Gasteiger partial charge in [-0.15, -0.1) is 0 Å². The minimum Gasteiger partial charge on any atom is -0.381 e. The minimum absolute atomic E-state index is 0.0512. The minimum atomic E-state index is -0.748. The fourth-order valence-electron chi connectivity index (χ4n) is 2.74. The first kappa shape index (κ1) is 18.4. The number of nitrogens with two attached hydrogens (primary N) is 1. The largest absolute Gasteiger partial charge is 0.418 e. The van der Waals surface area contributed by atoms with Gasteiger partial charge in [-0.3, -0.25) is 9.69 Å². The van der Waals surface area contributed by atoms with E-state index in [2.05, 4.69) is 0 Å². The Morgan fingerprint density at radius 3 is 2.67 bits per heavy atom. The van der Waals surface area contributed by atoms with Gasteiger partial charge in [0.2, 0.25) is 0 Å². The Hall–Kier alpha value is -1.92. The number of ether oxygens (including phenoxy) is 2. The van der Waals surface area contributed by atoms with Crippen molar-refractivity contribution in [3.05, 3.63) is 35.9 Å². The van der Waals surface area contributed by atoms with Crippen LogP contribution in [-0.2, 0) is 20.7 Å². The molecule has 6 heteroatoms. The quantitative estimate of drug-likeness (QED) is 0.491. The molecule has 6 nitrogen and oxygen atoms in total. The Morgan fingerprint density at radius 1 is 1.21 bits per heavy atom. The molecule has 1 aromatic carbocycles. The summed E-state index contributed by atoms with van der Waals surface area (Å²) in [5.74, 6) is -0.582. The van der Waals surface area contributed by atoms with Crippen molar-refractivity contribution in [3.8, 4) is 0 Å². The van der Waals surface area contributed by atoms with Gasteiger partial charge >= 0.3 is 12.1 Å². The fourth-order valence-corrected chi connectivity index (χ4v) is 2.74. The van der Waals surface area contributed by atoms with Crippen molar-refractivity contribution in [1.82, 2.24) is 4.90 Å². The summed E-state index contributed by atoms with van der Waals surface area (Å²) in [5, 5.41) is 0. The summed E-state index contributed by atoms with van der Waals surface area (Å²) in [5.41, 5.74) is 6.52. The average Bonchev–Trinajstić information content (AvgIpc) is 2.55. The van der Waals surface area contributed by atoms with E-state index >= 15 is 0 Å². The standard InChI is InChI=1S/C18H26N2O4/c1-18(19)11-5-6-12-20(18)17(22)24-16(21)10-14-23-13-9-15-7-3-2-4-8-15/h2-4,7-8H,5-6,9-14,19H2,1H3. The molecule has 1 heterocycles. The third-order valence-corrected chi connectivity index (χ3v) is 4.18. The summed E-state index contributed by atoms with van der Waals surface area (Å²) in [6, 6.07) is 9.97. The number of carbonyl (C=O) groups is 2. The van der Waals surface area contributed by atoms with Crippen LogP contribution in [0, 0.1) is 0 Å². The van der Waals surface area contributed by atoms with Gasteiger partial charge in [-0.05, 0) is 38.2 Å². The number of esters is 1. The van der Waals surface area contributed by atoms with E-state index in [1.54, 1.807) is 6.92 Å². The van der Waals surface area contributed by atoms with Crippen molar-refractivity contribution >= 4 is 12.1 Å². The Kier molecular flexibility index (Phi) is 6.75. The zero-order chi connectivity index (χ0) is 17.4. The van der Waals surface area contributed by atoms with E-state index in [-0.39, 0.29) is 13.0 Å². The second-order valence-electron chi connectivity index (χ2n) is 6.30. The Balaban J connectivity index is 1.63. The van der Waals surface area contributed by atoms with Gasteiger partial charge in [0, 0.05) is 6.54 Å². The lowest BCUT2D eigenvalue weighted by Gasteiger charge is -2.40. The number of hydrogen-bond acceptors (Lipinski definition) is 5. The van der Waals surface area contributed by atoms with E-state index in [0.29, 0.717) is 19.6 Å². The van der Waals surface area contributed by atoms with Crippen molar-refractivity contribution in [1.29, 1.82) is 0 Å². The van der Waals surface area contributed by atoms with Gasteiger partial charge in [-0.25, -0.2) is 4.79 Å². The highest BCUT2D eigenvalue weighted by atomic mass is 16.6. The molecule has 0 bridgehead atoms. The molecule has 2 rings (SSSR count). The summed E-state index contributed by atoms with van der Waals surface area (Å²) in [6.45, 7) is 3.06. The molecule has 0 aliphatic carbocycles. The Bertz CT molecular complexity index is 545. The monoisotopic (exact) mass is 334 g/mol. The first-order valence-electron chi connectivity index (χ1n) is 8.42. The van der Waals surface area contributed by atoms with E-state index in [1.165, 1.54) is 10.5 Å². The van der Waals surface area contributed by atoms with Crippen molar-refractivity contribution in [2.75, 3.05) is 19.8 Å². The summed E-state index contributed by atoms with van der Waals surface area (Å²) in [4.78, 5) is 25.2. The van der Waals surface area contributed by atoms with Crippen LogP contribution >= 0.6 is 0 Å². The van der Waals surface area contributed by atoms with E-state index in [4.69, 9.17) is 15.2 Å². The molecule has 1 aliphatic heterocycles. The molecule has 2 N–H and O–H groups in total. The predicted octanol–water partition coefficient (Wildman–Crippen LogP) is 2.46. The maximum atomic E-state index is 12.1. The highest BCUT2D eigenvalue weighted by Gasteiger charge is 2.35. The summed E-state index contributed by atoms with van der Waals surface area (Å²) >= 11 is 0. The Labute approximate surface area is 142 Å². The number of benzene rings is 1. The maximum Gasteiger partial charge on any atom is 0.418 e. The van der Waals surface area contributed by atoms with Crippen molar-refractivity contribution in [2.45, 2.75) is 44.7 Å². The number of piperidine rings is 1. The van der Waals surface area contributed by atoms with Gasteiger partial charge in [-0.2, -0.15) is 0 Å². The van der Waals surface area contributed by atoms with Crippen LogP contribution in [0.1, 0.15) is 38.2 Å². The lowest BCUT2D eigenvalue weighted by atomic mass is 9.98. The van der Waals surface area contributed by atoms with Crippen LogP contribution in [0.5, 0.6) is 0 Å². The highest BCUT2D eigenvalue weighted by molar-refractivity contribution is 5.84. The lowest BCUT2D eigenvalue weighted by molar-refractivity contribution is -0.140. The summed E-state index contributed by atoms with van der Waals surface area (Å²) in [6.07, 6.45) is 2.73. The number of hydrogen-bond donors (Lipinski definition) is 1. The van der Waals surface area contributed by atoms with E-state index in [9.17, 15) is 9.59 Å². The molecule has 1 unspecified atom stereocenters. The van der Waals surface area contributed by atoms with Gasteiger partial charge in [0.1, 0.15) is 0 Å². The lowest BCUT2D eigenvalue weighted by Crippen LogP contribution is -2.58. The van der Waals surface area contributed by atoms with Gasteiger partial charge < -0.3 is 15.2 Å². The number of rotatable bonds is 6. The normalized spacial score (nSPS) is 20.7. The second-order valence-corrected chi connectivity index (χ2v) is 6.30. The fraction of sp³-hybridized carbons (Fsp3) is 0.556. The number of nitrogens with zero attached hydrogens (tertiary/aromatic N) is 1. The molecule has 0 aromatic heterocycles. The van der Waals surface area contributed by atoms with Crippen LogP contribution < -0.4 is 5.73 Å². The van der Waals surface area contributed by atoms with Crippen LogP contribution in [0.15, 0.2) is 30.3 Å². The molecular formula is C18H26N2O4. The highest BCUT2D eigenvalue weighted by Crippen LogP contribution is 2.23. The SMILES string of the molecule is CC1(N)CCCCN1C(=O)OC(=O)CCOCCc1ccccc1. The molecule has 0 saturated carbocycles. The van der Waals surface area contributed by atoms with E-state index in [1.807, 2.05) is 30.3 Å². The van der Waals surface area contributed by atoms with Crippen LogP contribution in [0.3, 0.4) is 0 Å². The molecule has 1 saturated heterocycles. The van der Waals surface area contributed by atoms with Crippen molar-refractivity contribution in [3.63, 3.8) is 0 Å². The zero-order valence-corrected chi connectivity index (χ0v) is 14.2. The van der Waals surface area contributed by atoms with Crippen molar-refractivity contribution in [2.24, 2.45) is 5.73 Å². The topological polar surface area (TPSA) is 81.9 Å². The molecular weight excluding hydrogens is 308 g/mol. The average molecular weight is 334 g/mol. The second kappa shape index (κ2) is 8.80. The molecule has 0 spiro atoms. The van der Waals surface area contributed by atoms with Crippen LogP contribution in [0.2, 0.25) is 0 Å². The maximum absolute atomic E-state index is 12.1. The first-order chi connectivity index (χ1) is 11.5. The number of likely N-dealkylation sites (tertiary alicyclic amines) is 1. The molecule has 1 aliphatic rings. The van der Waals surface area contributed by atoms with E-state index < -0.39 is 17.7 Å². The van der Waals surface area contributed by atoms with Crippen LogP contribution in [0.4, 0.5) is 4.79 Å². The number of carbonyl (C=O) groups excluding carboxylic acids is 2. The van der Waals surface area contributed by atoms with Crippen LogP contribution in [-0.4, -0.2) is 42.4 Å². The number of amides is 1. The molecule has 0 radical (unpaired) electrons. The van der Waals surface area contributed by atoms with Gasteiger partial charge in [-0.1, -0.05) is 30.3 Å². The third kappa shape index (κ3) is 5.62.